The second-order valence-electron chi connectivity index (χ2n) is 5.57. The molecule has 2 aromatic rings. The topological polar surface area (TPSA) is 79.8 Å². The number of rotatable bonds is 5. The lowest BCUT2D eigenvalue weighted by Crippen LogP contribution is -2.31. The summed E-state index contributed by atoms with van der Waals surface area (Å²) in [5.41, 5.74) is 0.955. The molecule has 1 saturated carbocycles. The molecule has 0 radical (unpaired) electrons. The molecule has 0 saturated heterocycles. The zero-order chi connectivity index (χ0) is 16.2. The molecule has 1 amide bonds. The normalized spacial score (nSPS) is 19.7. The lowest BCUT2D eigenvalue weighted by Gasteiger charge is -2.36. The Morgan fingerprint density at radius 2 is 2.09 bits per heavy atom. The third-order valence-corrected chi connectivity index (χ3v) is 4.22. The van der Waals surface area contributed by atoms with Crippen LogP contribution in [0.3, 0.4) is 0 Å². The minimum atomic E-state index is -0.242. The Morgan fingerprint density at radius 1 is 1.30 bits per heavy atom. The number of nitrogens with zero attached hydrogens (tertiary/aromatic N) is 3. The number of anilines is 1. The lowest BCUT2D eigenvalue weighted by molar-refractivity contribution is 0.0962. The van der Waals surface area contributed by atoms with Gasteiger partial charge in [-0.1, -0.05) is 0 Å². The van der Waals surface area contributed by atoms with Gasteiger partial charge in [-0.25, -0.2) is 14.4 Å². The van der Waals surface area contributed by atoms with Crippen LogP contribution in [0.25, 0.3) is 0 Å². The van der Waals surface area contributed by atoms with E-state index in [1.165, 1.54) is 18.5 Å². The highest BCUT2D eigenvalue weighted by Gasteiger charge is 2.34. The zero-order valence-corrected chi connectivity index (χ0v) is 12.8. The van der Waals surface area contributed by atoms with Gasteiger partial charge in [0.15, 0.2) is 0 Å². The average molecular weight is 315 g/mol. The van der Waals surface area contributed by atoms with E-state index in [2.05, 4.69) is 25.6 Å². The molecule has 1 aliphatic rings. The molecule has 2 aromatic heterocycles. The van der Waals surface area contributed by atoms with Crippen LogP contribution in [0.4, 0.5) is 10.3 Å². The van der Waals surface area contributed by atoms with Crippen LogP contribution in [0.1, 0.15) is 34.8 Å². The van der Waals surface area contributed by atoms with Crippen LogP contribution in [-0.4, -0.2) is 34.5 Å². The molecule has 23 heavy (non-hydrogen) atoms. The highest BCUT2D eigenvalue weighted by atomic mass is 19.1. The fourth-order valence-corrected chi connectivity index (χ4v) is 2.75. The quantitative estimate of drug-likeness (QED) is 0.882. The summed E-state index contributed by atoms with van der Waals surface area (Å²) in [5, 5.41) is 5.66. The Balaban J connectivity index is 1.58. The predicted molar refractivity (Wildman–Crippen MR) is 83.6 cm³/mol. The van der Waals surface area contributed by atoms with Crippen molar-refractivity contribution in [2.24, 2.45) is 5.92 Å². The van der Waals surface area contributed by atoms with Gasteiger partial charge in [-0.15, -0.1) is 0 Å². The summed E-state index contributed by atoms with van der Waals surface area (Å²) in [7, 11) is 1.56. The smallest absolute Gasteiger partial charge is 0.254 e. The first-order valence-electron chi connectivity index (χ1n) is 7.57. The van der Waals surface area contributed by atoms with Crippen molar-refractivity contribution in [1.29, 1.82) is 0 Å². The summed E-state index contributed by atoms with van der Waals surface area (Å²) in [4.78, 5) is 23.8. The van der Waals surface area contributed by atoms with E-state index in [0.29, 0.717) is 29.7 Å². The minimum absolute atomic E-state index is 0.133. The standard InChI is InChI=1S/C16H18FN5O/c1-18-15(23)11-8-21-16(22-9-11)20-7-10-4-5-12(10)14-13(17)3-2-6-19-14/h2-3,6,8-10,12H,4-5,7H2,1H3,(H,18,23)(H,20,21,22). The number of hydrogen-bond acceptors (Lipinski definition) is 5. The molecular formula is C16H18FN5O. The Morgan fingerprint density at radius 3 is 2.70 bits per heavy atom. The minimum Gasteiger partial charge on any atom is -0.355 e. The van der Waals surface area contributed by atoms with Crippen molar-refractivity contribution >= 4 is 11.9 Å². The van der Waals surface area contributed by atoms with Gasteiger partial charge >= 0.3 is 0 Å². The molecule has 7 heteroatoms. The molecule has 1 fully saturated rings. The van der Waals surface area contributed by atoms with Gasteiger partial charge in [0.1, 0.15) is 5.82 Å². The van der Waals surface area contributed by atoms with Gasteiger partial charge < -0.3 is 10.6 Å². The zero-order valence-electron chi connectivity index (χ0n) is 12.8. The van der Waals surface area contributed by atoms with Crippen LogP contribution in [0.2, 0.25) is 0 Å². The lowest BCUT2D eigenvalue weighted by atomic mass is 9.71. The first-order valence-corrected chi connectivity index (χ1v) is 7.57. The molecule has 6 nitrogen and oxygen atoms in total. The second kappa shape index (κ2) is 6.68. The van der Waals surface area contributed by atoms with Crippen molar-refractivity contribution in [3.8, 4) is 0 Å². The van der Waals surface area contributed by atoms with E-state index >= 15 is 0 Å². The van der Waals surface area contributed by atoms with Crippen molar-refractivity contribution in [3.63, 3.8) is 0 Å². The number of nitrogens with one attached hydrogen (secondary N) is 2. The summed E-state index contributed by atoms with van der Waals surface area (Å²) in [6.07, 6.45) is 6.54. The van der Waals surface area contributed by atoms with Gasteiger partial charge in [0.05, 0.1) is 11.3 Å². The molecule has 0 spiro atoms. The maximum Gasteiger partial charge on any atom is 0.254 e. The molecule has 1 aliphatic carbocycles. The Bertz CT molecular complexity index is 691. The Kier molecular flexibility index (Phi) is 4.45. The van der Waals surface area contributed by atoms with Crippen molar-refractivity contribution < 1.29 is 9.18 Å². The number of aromatic nitrogens is 3. The van der Waals surface area contributed by atoms with Gasteiger partial charge in [0.2, 0.25) is 5.95 Å². The predicted octanol–water partition coefficient (Wildman–Crippen LogP) is 1.98. The molecule has 0 bridgehead atoms. The summed E-state index contributed by atoms with van der Waals surface area (Å²) in [6.45, 7) is 0.653. The van der Waals surface area contributed by atoms with Gasteiger partial charge in [0, 0.05) is 38.1 Å². The van der Waals surface area contributed by atoms with E-state index in [1.54, 1.807) is 19.3 Å². The second-order valence-corrected chi connectivity index (χ2v) is 5.57. The van der Waals surface area contributed by atoms with Gasteiger partial charge in [-0.3, -0.25) is 9.78 Å². The number of carbonyl (C=O) groups excluding carboxylic acids is 1. The molecule has 2 unspecified atom stereocenters. The molecule has 3 rings (SSSR count). The largest absolute Gasteiger partial charge is 0.355 e. The molecule has 0 aliphatic heterocycles. The van der Waals surface area contributed by atoms with E-state index < -0.39 is 0 Å². The van der Waals surface area contributed by atoms with Crippen molar-refractivity contribution in [3.05, 3.63) is 47.8 Å². The van der Waals surface area contributed by atoms with Crippen molar-refractivity contribution in [1.82, 2.24) is 20.3 Å². The Hall–Kier alpha value is -2.57. The van der Waals surface area contributed by atoms with Gasteiger partial charge in [-0.2, -0.15) is 0 Å². The number of halogens is 1. The molecule has 2 N–H and O–H groups in total. The van der Waals surface area contributed by atoms with Crippen molar-refractivity contribution in [2.45, 2.75) is 18.8 Å². The Labute approximate surface area is 133 Å². The molecule has 2 heterocycles. The van der Waals surface area contributed by atoms with E-state index in [9.17, 15) is 9.18 Å². The number of amides is 1. The van der Waals surface area contributed by atoms with E-state index in [1.807, 2.05) is 0 Å². The van der Waals surface area contributed by atoms with E-state index in [-0.39, 0.29) is 17.6 Å². The first kappa shape index (κ1) is 15.3. The van der Waals surface area contributed by atoms with Crippen LogP contribution in [-0.2, 0) is 0 Å². The maximum atomic E-state index is 13.8. The molecular weight excluding hydrogens is 297 g/mol. The monoisotopic (exact) mass is 315 g/mol. The SMILES string of the molecule is CNC(=O)c1cnc(NCC2CCC2c2ncccc2F)nc1. The fraction of sp³-hybridized carbons (Fsp3) is 0.375. The van der Waals surface area contributed by atoms with E-state index in [0.717, 1.165) is 12.8 Å². The van der Waals surface area contributed by atoms with Crippen molar-refractivity contribution in [2.75, 3.05) is 18.9 Å². The van der Waals surface area contributed by atoms with Crippen LogP contribution in [0.15, 0.2) is 30.7 Å². The van der Waals surface area contributed by atoms with Gasteiger partial charge in [-0.05, 0) is 30.9 Å². The van der Waals surface area contributed by atoms with Gasteiger partial charge in [0.25, 0.3) is 5.91 Å². The molecule has 120 valence electrons. The maximum absolute atomic E-state index is 13.8. The molecule has 2 atom stereocenters. The number of carbonyl (C=O) groups is 1. The first-order chi connectivity index (χ1) is 11.2. The fourth-order valence-electron chi connectivity index (χ4n) is 2.75. The number of pyridine rings is 1. The van der Waals surface area contributed by atoms with E-state index in [4.69, 9.17) is 0 Å². The van der Waals surface area contributed by atoms with Crippen LogP contribution < -0.4 is 10.6 Å². The highest BCUT2D eigenvalue weighted by Crippen LogP contribution is 2.42. The summed E-state index contributed by atoms with van der Waals surface area (Å²) < 4.78 is 13.8. The number of hydrogen-bond donors (Lipinski definition) is 2. The third-order valence-electron chi connectivity index (χ3n) is 4.22. The summed E-state index contributed by atoms with van der Waals surface area (Å²) in [6, 6.07) is 3.05. The van der Waals surface area contributed by atoms with Crippen LogP contribution >= 0.6 is 0 Å². The average Bonchev–Trinajstić information content (AvgIpc) is 2.56. The summed E-state index contributed by atoms with van der Waals surface area (Å²) >= 11 is 0. The summed E-state index contributed by atoms with van der Waals surface area (Å²) in [5.74, 6) is 0.440. The molecule has 0 aromatic carbocycles. The van der Waals surface area contributed by atoms with Crippen LogP contribution in [0.5, 0.6) is 0 Å². The van der Waals surface area contributed by atoms with Crippen LogP contribution in [0, 0.1) is 11.7 Å². The highest BCUT2D eigenvalue weighted by molar-refractivity contribution is 5.93. The third kappa shape index (κ3) is 3.28.